The van der Waals surface area contributed by atoms with Crippen molar-refractivity contribution in [2.75, 3.05) is 70.1 Å². The highest BCUT2D eigenvalue weighted by Crippen LogP contribution is 2.11. The maximum Gasteiger partial charge on any atom is 0.322 e. The zero-order valence-corrected chi connectivity index (χ0v) is 16.5. The largest absolute Gasteiger partial charge is 0.379 e. The van der Waals surface area contributed by atoms with Crippen molar-refractivity contribution in [3.8, 4) is 0 Å². The number of aromatic nitrogens is 2. The summed E-state index contributed by atoms with van der Waals surface area (Å²) in [6.45, 7) is 8.13. The molecule has 2 amide bonds. The third kappa shape index (κ3) is 5.41. The summed E-state index contributed by atoms with van der Waals surface area (Å²) in [6, 6.07) is -0.226. The Morgan fingerprint density at radius 2 is 1.85 bits per heavy atom. The summed E-state index contributed by atoms with van der Waals surface area (Å²) in [5.41, 5.74) is 0.644. The highest BCUT2D eigenvalue weighted by molar-refractivity contribution is 7.89. The Balaban J connectivity index is 1.44. The van der Waals surface area contributed by atoms with Crippen LogP contribution in [0.1, 0.15) is 6.92 Å². The SMILES string of the molecule is CCS(=O)(=O)N1CCN(C(=O)Nc2cnn(CCN3CCOCC3)c2)CC1. The molecule has 10 nitrogen and oxygen atoms in total. The van der Waals surface area contributed by atoms with E-state index >= 15 is 0 Å². The van der Waals surface area contributed by atoms with Crippen LogP contribution in [-0.2, 0) is 21.3 Å². The number of carbonyl (C=O) groups is 1. The minimum absolute atomic E-state index is 0.0861. The number of ether oxygens (including phenoxy) is 1. The molecule has 0 aromatic carbocycles. The van der Waals surface area contributed by atoms with E-state index in [-0.39, 0.29) is 11.8 Å². The predicted octanol–water partition coefficient (Wildman–Crippen LogP) is -0.285. The van der Waals surface area contributed by atoms with Crippen molar-refractivity contribution in [3.05, 3.63) is 12.4 Å². The van der Waals surface area contributed by atoms with Gasteiger partial charge >= 0.3 is 6.03 Å². The molecule has 3 rings (SSSR count). The first-order valence-corrected chi connectivity index (χ1v) is 10.9. The second kappa shape index (κ2) is 9.00. The van der Waals surface area contributed by atoms with Gasteiger partial charge in [-0.25, -0.2) is 13.2 Å². The van der Waals surface area contributed by atoms with E-state index in [9.17, 15) is 13.2 Å². The average Bonchev–Trinajstić information content (AvgIpc) is 3.14. The molecule has 3 heterocycles. The third-order valence-electron chi connectivity index (χ3n) is 4.92. The minimum atomic E-state index is -3.19. The summed E-state index contributed by atoms with van der Waals surface area (Å²) < 4.78 is 32.4. The molecule has 1 aromatic heterocycles. The third-order valence-corrected chi connectivity index (χ3v) is 6.80. The van der Waals surface area contributed by atoms with Crippen LogP contribution >= 0.6 is 0 Å². The number of urea groups is 1. The number of hydrogen-bond donors (Lipinski definition) is 1. The van der Waals surface area contributed by atoms with Gasteiger partial charge in [0, 0.05) is 52.0 Å². The van der Waals surface area contributed by atoms with Gasteiger partial charge in [-0.05, 0) is 6.92 Å². The fraction of sp³-hybridized carbons (Fsp3) is 0.750. The Morgan fingerprint density at radius 3 is 2.52 bits per heavy atom. The molecule has 2 saturated heterocycles. The fourth-order valence-corrected chi connectivity index (χ4v) is 4.26. The Bertz CT molecular complexity index is 723. The van der Waals surface area contributed by atoms with E-state index in [2.05, 4.69) is 15.3 Å². The van der Waals surface area contributed by atoms with Crippen molar-refractivity contribution in [1.82, 2.24) is 23.9 Å². The van der Waals surface area contributed by atoms with Crippen LogP contribution in [0.15, 0.2) is 12.4 Å². The first-order valence-electron chi connectivity index (χ1n) is 9.34. The highest BCUT2D eigenvalue weighted by atomic mass is 32.2. The second-order valence-corrected chi connectivity index (χ2v) is 8.92. The Kier molecular flexibility index (Phi) is 6.68. The number of amides is 2. The second-order valence-electron chi connectivity index (χ2n) is 6.66. The zero-order chi connectivity index (χ0) is 19.3. The van der Waals surface area contributed by atoms with Gasteiger partial charge in [-0.15, -0.1) is 0 Å². The quantitative estimate of drug-likeness (QED) is 0.705. The minimum Gasteiger partial charge on any atom is -0.379 e. The summed E-state index contributed by atoms with van der Waals surface area (Å²) in [6.07, 6.45) is 3.45. The van der Waals surface area contributed by atoms with Crippen LogP contribution in [0.5, 0.6) is 0 Å². The molecule has 11 heteroatoms. The molecule has 1 aromatic rings. The normalized spacial score (nSPS) is 20.0. The van der Waals surface area contributed by atoms with Gasteiger partial charge in [-0.2, -0.15) is 9.40 Å². The van der Waals surface area contributed by atoms with Gasteiger partial charge in [0.1, 0.15) is 0 Å². The molecule has 0 unspecified atom stereocenters. The van der Waals surface area contributed by atoms with Crippen LogP contribution in [-0.4, -0.2) is 103 Å². The van der Waals surface area contributed by atoms with Crippen LogP contribution in [0.3, 0.4) is 0 Å². The molecule has 2 aliphatic heterocycles. The summed E-state index contributed by atoms with van der Waals surface area (Å²) in [5.74, 6) is 0.0861. The molecule has 0 saturated carbocycles. The lowest BCUT2D eigenvalue weighted by molar-refractivity contribution is 0.0360. The predicted molar refractivity (Wildman–Crippen MR) is 101 cm³/mol. The lowest BCUT2D eigenvalue weighted by atomic mass is 10.4. The van der Waals surface area contributed by atoms with E-state index in [0.29, 0.717) is 31.9 Å². The molecule has 0 bridgehead atoms. The number of nitrogens with zero attached hydrogens (tertiary/aromatic N) is 5. The number of anilines is 1. The standard InChI is InChI=1S/C16H28N6O4S/c1-2-27(24,25)22-7-4-20(5-8-22)16(23)18-15-13-17-21(14-15)6-3-19-9-11-26-12-10-19/h13-14H,2-12H2,1H3,(H,18,23). The molecule has 0 aliphatic carbocycles. The Hall–Kier alpha value is -1.69. The van der Waals surface area contributed by atoms with Crippen molar-refractivity contribution in [2.45, 2.75) is 13.5 Å². The van der Waals surface area contributed by atoms with Crippen molar-refractivity contribution in [3.63, 3.8) is 0 Å². The first-order chi connectivity index (χ1) is 13.0. The van der Waals surface area contributed by atoms with Gasteiger partial charge < -0.3 is 15.0 Å². The molecule has 2 fully saturated rings. The van der Waals surface area contributed by atoms with Gasteiger partial charge in [0.25, 0.3) is 0 Å². The van der Waals surface area contributed by atoms with Crippen molar-refractivity contribution < 1.29 is 17.9 Å². The average molecular weight is 401 g/mol. The zero-order valence-electron chi connectivity index (χ0n) is 15.7. The summed E-state index contributed by atoms with van der Waals surface area (Å²) >= 11 is 0. The van der Waals surface area contributed by atoms with Gasteiger partial charge in [0.15, 0.2) is 0 Å². The van der Waals surface area contributed by atoms with Gasteiger partial charge in [-0.1, -0.05) is 0 Å². The van der Waals surface area contributed by atoms with E-state index in [0.717, 1.165) is 39.4 Å². The van der Waals surface area contributed by atoms with Crippen molar-refractivity contribution in [2.24, 2.45) is 0 Å². The smallest absolute Gasteiger partial charge is 0.322 e. The summed E-state index contributed by atoms with van der Waals surface area (Å²) in [4.78, 5) is 16.4. The number of carbonyl (C=O) groups excluding carboxylic acids is 1. The fourth-order valence-electron chi connectivity index (χ4n) is 3.17. The van der Waals surface area contributed by atoms with Gasteiger partial charge in [0.05, 0.1) is 37.4 Å². The van der Waals surface area contributed by atoms with Crippen molar-refractivity contribution in [1.29, 1.82) is 0 Å². The number of hydrogen-bond acceptors (Lipinski definition) is 6. The number of piperazine rings is 1. The molecule has 1 N–H and O–H groups in total. The lowest BCUT2D eigenvalue weighted by Gasteiger charge is -2.33. The summed E-state index contributed by atoms with van der Waals surface area (Å²) in [5, 5.41) is 7.13. The highest BCUT2D eigenvalue weighted by Gasteiger charge is 2.27. The molecule has 2 aliphatic rings. The van der Waals surface area contributed by atoms with Gasteiger partial charge in [-0.3, -0.25) is 9.58 Å². The number of sulfonamides is 1. The maximum absolute atomic E-state index is 12.4. The Morgan fingerprint density at radius 1 is 1.15 bits per heavy atom. The van der Waals surface area contributed by atoms with Crippen LogP contribution in [0.25, 0.3) is 0 Å². The molecule has 27 heavy (non-hydrogen) atoms. The number of rotatable bonds is 6. The lowest BCUT2D eigenvalue weighted by Crippen LogP contribution is -2.51. The number of morpholine rings is 1. The number of nitrogens with one attached hydrogen (secondary N) is 1. The van der Waals surface area contributed by atoms with Gasteiger partial charge in [0.2, 0.25) is 10.0 Å². The Labute approximate surface area is 160 Å². The molecule has 0 radical (unpaired) electrons. The van der Waals surface area contributed by atoms with Crippen LogP contribution in [0, 0.1) is 0 Å². The molecule has 0 atom stereocenters. The maximum atomic E-state index is 12.4. The van der Waals surface area contributed by atoms with E-state index in [1.165, 1.54) is 4.31 Å². The molecular weight excluding hydrogens is 372 g/mol. The summed E-state index contributed by atoms with van der Waals surface area (Å²) in [7, 11) is -3.19. The topological polar surface area (TPSA) is 100 Å². The van der Waals surface area contributed by atoms with Crippen LogP contribution in [0.2, 0.25) is 0 Å². The van der Waals surface area contributed by atoms with Crippen LogP contribution < -0.4 is 5.32 Å². The van der Waals surface area contributed by atoms with E-state index < -0.39 is 10.0 Å². The molecular formula is C16H28N6O4S. The van der Waals surface area contributed by atoms with E-state index in [1.807, 2.05) is 10.9 Å². The van der Waals surface area contributed by atoms with Crippen molar-refractivity contribution >= 4 is 21.7 Å². The van der Waals surface area contributed by atoms with E-state index in [4.69, 9.17) is 4.74 Å². The molecule has 0 spiro atoms. The first kappa shape index (κ1) is 20.1. The monoisotopic (exact) mass is 400 g/mol. The van der Waals surface area contributed by atoms with E-state index in [1.54, 1.807) is 18.0 Å². The molecule has 152 valence electrons. The van der Waals surface area contributed by atoms with Crippen LogP contribution in [0.4, 0.5) is 10.5 Å².